The molecule has 4 nitrogen and oxygen atoms in total. The van der Waals surface area contributed by atoms with Crippen molar-refractivity contribution in [3.8, 4) is 5.75 Å². The van der Waals surface area contributed by atoms with Crippen LogP contribution in [0.2, 0.25) is 5.02 Å². The zero-order chi connectivity index (χ0) is 13.7. The van der Waals surface area contributed by atoms with Crippen molar-refractivity contribution in [2.75, 3.05) is 13.2 Å². The van der Waals surface area contributed by atoms with Crippen molar-refractivity contribution in [2.24, 2.45) is 0 Å². The topological polar surface area (TPSA) is 61.9 Å². The van der Waals surface area contributed by atoms with Crippen molar-refractivity contribution in [3.63, 3.8) is 0 Å². The van der Waals surface area contributed by atoms with E-state index in [-0.39, 0.29) is 6.61 Å². The SMILES string of the molecule is O=C([O-])C1(CCCCCOc2ccc(Cl)cc2)CO1. The van der Waals surface area contributed by atoms with Gasteiger partial charge in [-0.3, -0.25) is 0 Å². The minimum atomic E-state index is -1.09. The predicted octanol–water partition coefficient (Wildman–Crippen LogP) is 1.80. The zero-order valence-corrected chi connectivity index (χ0v) is 11.3. The smallest absolute Gasteiger partial charge is 0.131 e. The summed E-state index contributed by atoms with van der Waals surface area (Å²) < 4.78 is 10.5. The van der Waals surface area contributed by atoms with E-state index in [2.05, 4.69) is 0 Å². The first-order valence-corrected chi connectivity index (χ1v) is 6.74. The average Bonchev–Trinajstić information content (AvgIpc) is 3.17. The van der Waals surface area contributed by atoms with Gasteiger partial charge in [0.1, 0.15) is 11.4 Å². The first kappa shape index (κ1) is 14.2. The van der Waals surface area contributed by atoms with Crippen LogP contribution in [0.5, 0.6) is 5.75 Å². The molecule has 0 saturated carbocycles. The molecular formula is C14H16ClO4-. The minimum Gasteiger partial charge on any atom is -0.547 e. The molecule has 5 heteroatoms. The summed E-state index contributed by atoms with van der Waals surface area (Å²) in [6.45, 7) is 0.900. The Balaban J connectivity index is 1.55. The lowest BCUT2D eigenvalue weighted by molar-refractivity contribution is -0.312. The molecule has 104 valence electrons. The van der Waals surface area contributed by atoms with Crippen molar-refractivity contribution in [1.82, 2.24) is 0 Å². The molecule has 1 aliphatic heterocycles. The van der Waals surface area contributed by atoms with Crippen molar-refractivity contribution in [1.29, 1.82) is 0 Å². The number of ether oxygens (including phenoxy) is 2. The van der Waals surface area contributed by atoms with Gasteiger partial charge in [-0.2, -0.15) is 0 Å². The number of benzene rings is 1. The highest BCUT2D eigenvalue weighted by Gasteiger charge is 2.45. The molecule has 1 unspecified atom stereocenters. The Labute approximate surface area is 117 Å². The Kier molecular flexibility index (Phi) is 4.66. The van der Waals surface area contributed by atoms with Gasteiger partial charge in [0, 0.05) is 5.02 Å². The molecular weight excluding hydrogens is 268 g/mol. The summed E-state index contributed by atoms with van der Waals surface area (Å²) in [7, 11) is 0. The molecule has 0 aromatic heterocycles. The lowest BCUT2D eigenvalue weighted by Crippen LogP contribution is -2.38. The summed E-state index contributed by atoms with van der Waals surface area (Å²) in [5.41, 5.74) is -0.989. The quantitative estimate of drug-likeness (QED) is 0.539. The van der Waals surface area contributed by atoms with Gasteiger partial charge >= 0.3 is 0 Å². The fourth-order valence-corrected chi connectivity index (χ4v) is 1.99. The van der Waals surface area contributed by atoms with Crippen LogP contribution in [-0.2, 0) is 9.53 Å². The maximum absolute atomic E-state index is 10.7. The standard InChI is InChI=1S/C14H17ClO4/c15-11-4-6-12(7-5-11)18-9-3-1-2-8-14(10-19-14)13(16)17/h4-7H,1-3,8-10H2,(H,16,17)/p-1. The van der Waals surface area contributed by atoms with Crippen LogP contribution in [0.3, 0.4) is 0 Å². The van der Waals surface area contributed by atoms with Gasteiger partial charge in [-0.25, -0.2) is 0 Å². The van der Waals surface area contributed by atoms with E-state index < -0.39 is 11.6 Å². The van der Waals surface area contributed by atoms with E-state index >= 15 is 0 Å². The van der Waals surface area contributed by atoms with Gasteiger partial charge in [0.15, 0.2) is 0 Å². The van der Waals surface area contributed by atoms with E-state index in [1.54, 1.807) is 12.1 Å². The van der Waals surface area contributed by atoms with Gasteiger partial charge in [0.2, 0.25) is 0 Å². The Hall–Kier alpha value is -1.26. The van der Waals surface area contributed by atoms with Gasteiger partial charge in [0.25, 0.3) is 0 Å². The molecule has 2 rings (SSSR count). The monoisotopic (exact) mass is 283 g/mol. The highest BCUT2D eigenvalue weighted by molar-refractivity contribution is 6.30. The maximum atomic E-state index is 10.7. The third kappa shape index (κ3) is 4.11. The first-order chi connectivity index (χ1) is 9.12. The zero-order valence-electron chi connectivity index (χ0n) is 10.6. The number of epoxide rings is 1. The largest absolute Gasteiger partial charge is 0.547 e. The molecule has 0 N–H and O–H groups in total. The molecule has 1 aromatic rings. The van der Waals surface area contributed by atoms with E-state index in [4.69, 9.17) is 21.1 Å². The van der Waals surface area contributed by atoms with E-state index in [9.17, 15) is 9.90 Å². The number of halogens is 1. The fourth-order valence-electron chi connectivity index (χ4n) is 1.86. The van der Waals surface area contributed by atoms with Gasteiger partial charge < -0.3 is 19.4 Å². The van der Waals surface area contributed by atoms with Crippen LogP contribution < -0.4 is 9.84 Å². The van der Waals surface area contributed by atoms with Gasteiger partial charge in [-0.15, -0.1) is 0 Å². The van der Waals surface area contributed by atoms with Crippen molar-refractivity contribution in [3.05, 3.63) is 29.3 Å². The number of aliphatic carboxylic acids is 1. The number of carboxylic acids is 1. The molecule has 0 spiro atoms. The molecule has 1 saturated heterocycles. The molecule has 1 heterocycles. The number of carboxylic acid groups (broad SMARTS) is 1. The third-order valence-corrected chi connectivity index (χ3v) is 3.42. The molecule has 0 amide bonds. The Morgan fingerprint density at radius 1 is 1.32 bits per heavy atom. The normalized spacial score (nSPS) is 21.1. The summed E-state index contributed by atoms with van der Waals surface area (Å²) >= 11 is 5.77. The van der Waals surface area contributed by atoms with E-state index in [1.165, 1.54) is 0 Å². The van der Waals surface area contributed by atoms with E-state index in [0.29, 0.717) is 18.1 Å². The van der Waals surface area contributed by atoms with E-state index in [1.807, 2.05) is 12.1 Å². The molecule has 1 atom stereocenters. The summed E-state index contributed by atoms with van der Waals surface area (Å²) in [5.74, 6) is -0.300. The molecule has 0 radical (unpaired) electrons. The predicted molar refractivity (Wildman–Crippen MR) is 69.1 cm³/mol. The lowest BCUT2D eigenvalue weighted by atomic mass is 10.0. The van der Waals surface area contributed by atoms with Crippen molar-refractivity contribution in [2.45, 2.75) is 31.3 Å². The summed E-state index contributed by atoms with van der Waals surface area (Å²) in [6.07, 6.45) is 3.12. The summed E-state index contributed by atoms with van der Waals surface area (Å²) in [6, 6.07) is 7.22. The molecule has 0 aliphatic carbocycles. The third-order valence-electron chi connectivity index (χ3n) is 3.17. The molecule has 1 fully saturated rings. The van der Waals surface area contributed by atoms with Crippen LogP contribution in [0.25, 0.3) is 0 Å². The Morgan fingerprint density at radius 2 is 2.00 bits per heavy atom. The Morgan fingerprint density at radius 3 is 2.58 bits per heavy atom. The number of carbonyl (C=O) groups is 1. The fraction of sp³-hybridized carbons (Fsp3) is 0.500. The summed E-state index contributed by atoms with van der Waals surface area (Å²) in [5, 5.41) is 11.4. The second-order valence-corrected chi connectivity index (χ2v) is 5.12. The van der Waals surface area contributed by atoms with Gasteiger partial charge in [-0.1, -0.05) is 11.6 Å². The van der Waals surface area contributed by atoms with Crippen LogP contribution in [0, 0.1) is 0 Å². The molecule has 1 aliphatic rings. The number of rotatable bonds is 8. The van der Waals surface area contributed by atoms with Crippen LogP contribution in [-0.4, -0.2) is 24.8 Å². The molecule has 0 bridgehead atoms. The Bertz CT molecular complexity index is 426. The van der Waals surface area contributed by atoms with Crippen LogP contribution >= 0.6 is 11.6 Å². The second-order valence-electron chi connectivity index (χ2n) is 4.68. The lowest BCUT2D eigenvalue weighted by Gasteiger charge is -2.12. The van der Waals surface area contributed by atoms with Gasteiger partial charge in [0.05, 0.1) is 19.2 Å². The highest BCUT2D eigenvalue weighted by atomic mass is 35.5. The van der Waals surface area contributed by atoms with E-state index in [0.717, 1.165) is 25.0 Å². The van der Waals surface area contributed by atoms with Crippen molar-refractivity contribution >= 4 is 17.6 Å². The summed E-state index contributed by atoms with van der Waals surface area (Å²) in [4.78, 5) is 10.7. The average molecular weight is 284 g/mol. The van der Waals surface area contributed by atoms with Gasteiger partial charge in [-0.05, 0) is 49.9 Å². The second kappa shape index (κ2) is 6.26. The van der Waals surface area contributed by atoms with Crippen LogP contribution in [0.15, 0.2) is 24.3 Å². The number of carbonyl (C=O) groups excluding carboxylic acids is 1. The van der Waals surface area contributed by atoms with Crippen molar-refractivity contribution < 1.29 is 19.4 Å². The van der Waals surface area contributed by atoms with Crippen LogP contribution in [0.4, 0.5) is 0 Å². The molecule has 1 aromatic carbocycles. The first-order valence-electron chi connectivity index (χ1n) is 6.36. The highest BCUT2D eigenvalue weighted by Crippen LogP contribution is 2.32. The number of hydrogen-bond acceptors (Lipinski definition) is 4. The number of unbranched alkanes of at least 4 members (excludes halogenated alkanes) is 2. The number of hydrogen-bond donors (Lipinski definition) is 0. The maximum Gasteiger partial charge on any atom is 0.131 e. The molecule has 19 heavy (non-hydrogen) atoms. The minimum absolute atomic E-state index is 0.288. The van der Waals surface area contributed by atoms with Crippen LogP contribution in [0.1, 0.15) is 25.7 Å².